The van der Waals surface area contributed by atoms with Crippen LogP contribution in [0.5, 0.6) is 0 Å². The van der Waals surface area contributed by atoms with E-state index in [-0.39, 0.29) is 4.58 Å². The number of amides is 1. The molecule has 0 aromatic rings. The van der Waals surface area contributed by atoms with Gasteiger partial charge in [0, 0.05) is 18.2 Å². The molecule has 1 N–H and O–H groups in total. The van der Waals surface area contributed by atoms with Crippen LogP contribution in [0.2, 0.25) is 0 Å². The van der Waals surface area contributed by atoms with Crippen molar-refractivity contribution in [3.63, 3.8) is 0 Å². The predicted molar refractivity (Wildman–Crippen MR) is 191 cm³/mol. The van der Waals surface area contributed by atoms with E-state index in [1.807, 2.05) is 0 Å². The molecule has 0 saturated heterocycles. The monoisotopic (exact) mass is 628 g/mol. The molecule has 4 heteroatoms. The van der Waals surface area contributed by atoms with Crippen LogP contribution in [0.1, 0.15) is 244 Å². The minimum atomic E-state index is -0.400. The molecule has 3 nitrogen and oxygen atoms in total. The van der Waals surface area contributed by atoms with Crippen LogP contribution in [0.3, 0.4) is 0 Å². The van der Waals surface area contributed by atoms with Gasteiger partial charge in [-0.3, -0.25) is 10.0 Å². The number of hydroxylamine groups is 1. The summed E-state index contributed by atoms with van der Waals surface area (Å²) < 4.78 is 0.185. The third kappa shape index (κ3) is 37.8. The van der Waals surface area contributed by atoms with Crippen LogP contribution in [0.4, 0.5) is 0 Å². The number of nitrogens with zero attached hydrogens (tertiary/aromatic N) is 1. The van der Waals surface area contributed by atoms with Crippen LogP contribution in [-0.4, -0.2) is 15.7 Å². The molecule has 0 aliphatic rings. The second kappa shape index (κ2) is 37.9. The molecule has 0 fully saturated rings. The third-order valence-electron chi connectivity index (χ3n) is 9.45. The molecule has 0 aromatic heterocycles. The minimum Gasteiger partial charge on any atom is -0.271 e. The van der Waals surface area contributed by atoms with Gasteiger partial charge in [-0.25, -0.2) is 0 Å². The molecule has 43 heavy (non-hydrogen) atoms. The van der Waals surface area contributed by atoms with Gasteiger partial charge in [-0.15, -0.1) is 4.58 Å². The smallest absolute Gasteiger partial charge is 0.261 e. The number of halogens is 1. The summed E-state index contributed by atoms with van der Waals surface area (Å²) in [5.74, 6) is -0.400. The molecule has 0 aliphatic carbocycles. The molecule has 0 aliphatic heterocycles. The quantitative estimate of drug-likeness (QED) is 0.0322. The Kier molecular flexibility index (Phi) is 37.7. The first kappa shape index (κ1) is 42.7. The fourth-order valence-corrected chi connectivity index (χ4v) is 6.54. The molecule has 0 heterocycles. The number of unbranched alkanes of at least 4 members (excludes halogenated alkanes) is 35. The van der Waals surface area contributed by atoms with Gasteiger partial charge in [0.2, 0.25) is 0 Å². The van der Waals surface area contributed by atoms with E-state index in [4.69, 9.17) is 17.0 Å². The number of carbonyl (C=O) groups excluding carboxylic acids is 1. The zero-order chi connectivity index (χ0) is 31.3. The summed E-state index contributed by atoms with van der Waals surface area (Å²) in [6, 6.07) is 0. The van der Waals surface area contributed by atoms with Crippen molar-refractivity contribution in [1.29, 1.82) is 0 Å². The zero-order valence-corrected chi connectivity index (χ0v) is 30.1. The molecular formula is C39H78ClNO2. The number of rotatable bonds is 37. The average Bonchev–Trinajstić information content (AvgIpc) is 3.00. The van der Waals surface area contributed by atoms with Crippen molar-refractivity contribution in [2.24, 2.45) is 0 Å². The Balaban J connectivity index is 3.06. The second-order valence-electron chi connectivity index (χ2n) is 13.8. The second-order valence-corrected chi connectivity index (χ2v) is 14.1. The molecule has 0 unspecified atom stereocenters. The van der Waals surface area contributed by atoms with Crippen LogP contribution in [0, 0.1) is 0 Å². The van der Waals surface area contributed by atoms with E-state index < -0.39 is 5.91 Å². The lowest BCUT2D eigenvalue weighted by Gasteiger charge is -2.05. The molecule has 0 rings (SSSR count). The summed E-state index contributed by atoms with van der Waals surface area (Å²) in [5, 5.41) is 8.80. The maximum absolute atomic E-state index is 11.2. The van der Waals surface area contributed by atoms with Crippen molar-refractivity contribution in [2.75, 3.05) is 0 Å². The highest BCUT2D eigenvalue weighted by atomic mass is 35.5. The number of hydrogen-bond donors (Lipinski definition) is 1. The molecule has 0 bridgehead atoms. The molecule has 0 aromatic carbocycles. The Hall–Kier alpha value is -0.280. The van der Waals surface area contributed by atoms with Gasteiger partial charge in [-0.05, 0) is 6.42 Å². The van der Waals surface area contributed by atoms with E-state index in [0.717, 1.165) is 12.8 Å². The van der Waals surface area contributed by atoms with E-state index in [1.165, 1.54) is 218 Å². The molecule has 258 valence electrons. The largest absolute Gasteiger partial charge is 0.271 e. The maximum atomic E-state index is 11.2. The van der Waals surface area contributed by atoms with Gasteiger partial charge >= 0.3 is 0 Å². The highest BCUT2D eigenvalue weighted by Gasteiger charge is 2.06. The van der Waals surface area contributed by atoms with Gasteiger partial charge in [0.25, 0.3) is 5.91 Å². The van der Waals surface area contributed by atoms with Crippen molar-refractivity contribution >= 4 is 17.7 Å². The van der Waals surface area contributed by atoms with Crippen LogP contribution in [0.15, 0.2) is 0 Å². The van der Waals surface area contributed by atoms with Gasteiger partial charge in [0.1, 0.15) is 0 Å². The third-order valence-corrected chi connectivity index (χ3v) is 9.64. The fourth-order valence-electron chi connectivity index (χ4n) is 6.45. The van der Waals surface area contributed by atoms with Gasteiger partial charge in [0.15, 0.2) is 0 Å². The molecule has 0 atom stereocenters. The van der Waals surface area contributed by atoms with Gasteiger partial charge in [-0.1, -0.05) is 232 Å². The average molecular weight is 629 g/mol. The first-order valence-electron chi connectivity index (χ1n) is 19.9. The SMILES string of the molecule is CCCCCCCCCCCCCCCCCCCCCCCCCCCCCCCCCCCCCCC(=O)N(O)Cl. The predicted octanol–water partition coefficient (Wildman–Crippen LogP) is 14.8. The van der Waals surface area contributed by atoms with E-state index >= 15 is 0 Å². The Morgan fingerprint density at radius 3 is 0.698 bits per heavy atom. The molecule has 0 saturated carbocycles. The summed E-state index contributed by atoms with van der Waals surface area (Å²) in [7, 11) is 0. The van der Waals surface area contributed by atoms with Crippen molar-refractivity contribution in [3.05, 3.63) is 0 Å². The topological polar surface area (TPSA) is 40.5 Å². The van der Waals surface area contributed by atoms with Crippen LogP contribution < -0.4 is 0 Å². The van der Waals surface area contributed by atoms with Crippen molar-refractivity contribution in [2.45, 2.75) is 244 Å². The summed E-state index contributed by atoms with van der Waals surface area (Å²) >= 11 is 5.20. The zero-order valence-electron chi connectivity index (χ0n) is 29.3. The van der Waals surface area contributed by atoms with Crippen LogP contribution in [-0.2, 0) is 4.79 Å². The standard InChI is InChI=1S/C39H78ClNO2/c1-2-3-4-5-6-7-8-9-10-11-12-13-14-15-16-17-18-19-20-21-22-23-24-25-26-27-28-29-30-31-32-33-34-35-36-37-38-39(42)41(40)43/h43H,2-38H2,1H3. The van der Waals surface area contributed by atoms with E-state index in [1.54, 1.807) is 0 Å². The van der Waals surface area contributed by atoms with E-state index in [0.29, 0.717) is 6.42 Å². The van der Waals surface area contributed by atoms with Crippen molar-refractivity contribution in [3.8, 4) is 0 Å². The first-order valence-corrected chi connectivity index (χ1v) is 20.2. The van der Waals surface area contributed by atoms with Gasteiger partial charge < -0.3 is 0 Å². The fraction of sp³-hybridized carbons (Fsp3) is 0.974. The maximum Gasteiger partial charge on any atom is 0.261 e. The highest BCUT2D eigenvalue weighted by molar-refractivity contribution is 6.19. The van der Waals surface area contributed by atoms with Gasteiger partial charge in [-0.2, -0.15) is 0 Å². The van der Waals surface area contributed by atoms with Crippen molar-refractivity contribution < 1.29 is 10.0 Å². The number of carbonyl (C=O) groups is 1. The number of hydrogen-bond acceptors (Lipinski definition) is 2. The normalized spacial score (nSPS) is 11.4. The van der Waals surface area contributed by atoms with Gasteiger partial charge in [0.05, 0.1) is 0 Å². The molecule has 0 spiro atoms. The van der Waals surface area contributed by atoms with E-state index in [2.05, 4.69) is 6.92 Å². The highest BCUT2D eigenvalue weighted by Crippen LogP contribution is 2.17. The lowest BCUT2D eigenvalue weighted by atomic mass is 10.0. The molecule has 0 radical (unpaired) electrons. The van der Waals surface area contributed by atoms with Crippen molar-refractivity contribution in [1.82, 2.24) is 4.58 Å². The summed E-state index contributed by atoms with van der Waals surface area (Å²) in [4.78, 5) is 11.2. The van der Waals surface area contributed by atoms with Crippen LogP contribution in [0.25, 0.3) is 0 Å². The molecular weight excluding hydrogens is 550 g/mol. The Labute approximate surface area is 276 Å². The lowest BCUT2D eigenvalue weighted by Crippen LogP contribution is -2.16. The lowest BCUT2D eigenvalue weighted by molar-refractivity contribution is -0.146. The van der Waals surface area contributed by atoms with Crippen LogP contribution >= 0.6 is 11.8 Å². The summed E-state index contributed by atoms with van der Waals surface area (Å²) in [6.07, 6.45) is 51.0. The summed E-state index contributed by atoms with van der Waals surface area (Å²) in [6.45, 7) is 2.30. The first-order chi connectivity index (χ1) is 21.2. The summed E-state index contributed by atoms with van der Waals surface area (Å²) in [5.41, 5.74) is 0. The Morgan fingerprint density at radius 2 is 0.535 bits per heavy atom. The Bertz CT molecular complexity index is 527. The van der Waals surface area contributed by atoms with E-state index in [9.17, 15) is 4.79 Å². The Morgan fingerprint density at radius 1 is 0.372 bits per heavy atom. The minimum absolute atomic E-state index is 0.185. The molecule has 1 amide bonds.